The summed E-state index contributed by atoms with van der Waals surface area (Å²) < 4.78 is 13.9. The van der Waals surface area contributed by atoms with Gasteiger partial charge in [-0.2, -0.15) is 5.26 Å². The highest BCUT2D eigenvalue weighted by molar-refractivity contribution is 5.83. The number of nitriles is 1. The summed E-state index contributed by atoms with van der Waals surface area (Å²) in [5.74, 6) is 0.277. The third-order valence-electron chi connectivity index (χ3n) is 3.75. The van der Waals surface area contributed by atoms with Crippen LogP contribution in [-0.2, 0) is 5.60 Å². The maximum Gasteiger partial charge on any atom is 0.125 e. The van der Waals surface area contributed by atoms with Crippen LogP contribution in [-0.4, -0.2) is 15.1 Å². The zero-order chi connectivity index (χ0) is 16.8. The van der Waals surface area contributed by atoms with Crippen molar-refractivity contribution in [3.8, 4) is 17.2 Å². The number of H-pyrrole nitrogens is 1. The second kappa shape index (κ2) is 5.18. The van der Waals surface area contributed by atoms with Crippen molar-refractivity contribution in [2.24, 2.45) is 0 Å². The molecule has 0 aliphatic rings. The van der Waals surface area contributed by atoms with E-state index in [0.29, 0.717) is 16.7 Å². The van der Waals surface area contributed by atoms with Crippen molar-refractivity contribution < 1.29 is 9.50 Å². The summed E-state index contributed by atoms with van der Waals surface area (Å²) in [5.41, 5.74) is 2.11. The Morgan fingerprint density at radius 2 is 2.00 bits per heavy atom. The van der Waals surface area contributed by atoms with Crippen LogP contribution >= 0.6 is 0 Å². The molecule has 1 heterocycles. The highest BCUT2D eigenvalue weighted by atomic mass is 19.1. The molecule has 0 saturated carbocycles. The molecule has 0 radical (unpaired) electrons. The van der Waals surface area contributed by atoms with Crippen molar-refractivity contribution in [2.45, 2.75) is 26.4 Å². The van der Waals surface area contributed by atoms with Crippen molar-refractivity contribution in [1.82, 2.24) is 9.97 Å². The summed E-state index contributed by atoms with van der Waals surface area (Å²) in [6.45, 7) is 5.03. The molecule has 0 bridgehead atoms. The highest BCUT2D eigenvalue weighted by Gasteiger charge is 2.26. The molecule has 3 rings (SSSR count). The van der Waals surface area contributed by atoms with E-state index >= 15 is 0 Å². The van der Waals surface area contributed by atoms with Crippen LogP contribution in [0.4, 0.5) is 4.39 Å². The van der Waals surface area contributed by atoms with E-state index in [1.807, 2.05) is 31.2 Å². The van der Waals surface area contributed by atoms with Gasteiger partial charge in [-0.05, 0) is 56.2 Å². The third kappa shape index (κ3) is 2.69. The van der Waals surface area contributed by atoms with Crippen LogP contribution in [0.1, 0.15) is 30.8 Å². The molecule has 2 N–H and O–H groups in total. The molecule has 0 saturated heterocycles. The Kier molecular flexibility index (Phi) is 3.42. The molecule has 0 aliphatic heterocycles. The fraction of sp³-hybridized carbons (Fsp3) is 0.222. The van der Waals surface area contributed by atoms with Gasteiger partial charge in [0.15, 0.2) is 0 Å². The van der Waals surface area contributed by atoms with Crippen LogP contribution in [0.5, 0.6) is 0 Å². The summed E-state index contributed by atoms with van der Waals surface area (Å²) in [4.78, 5) is 7.51. The Labute approximate surface area is 133 Å². The molecule has 3 aromatic rings. The van der Waals surface area contributed by atoms with Gasteiger partial charge in [0.2, 0.25) is 0 Å². The van der Waals surface area contributed by atoms with Crippen molar-refractivity contribution >= 4 is 11.0 Å². The first-order valence-corrected chi connectivity index (χ1v) is 7.23. The largest absolute Gasteiger partial charge is 0.386 e. The summed E-state index contributed by atoms with van der Waals surface area (Å²) in [5, 5.41) is 19.8. The zero-order valence-electron chi connectivity index (χ0n) is 13.1. The van der Waals surface area contributed by atoms with E-state index in [-0.39, 0.29) is 5.56 Å². The number of aliphatic hydroxyl groups is 1. The van der Waals surface area contributed by atoms with Crippen LogP contribution in [0.3, 0.4) is 0 Å². The minimum absolute atomic E-state index is 0.130. The van der Waals surface area contributed by atoms with E-state index in [1.54, 1.807) is 13.8 Å². The van der Waals surface area contributed by atoms with Crippen molar-refractivity contribution in [3.63, 3.8) is 0 Å². The van der Waals surface area contributed by atoms with Gasteiger partial charge >= 0.3 is 0 Å². The standard InChI is InChI=1S/C18H16FN3O/c1-10-21-15-5-4-11(7-16(15)22-10)14-8-13(19)6-12(9-20)17(14)18(2,3)23/h4-8,23H,1-3H3,(H,21,22). The monoisotopic (exact) mass is 309 g/mol. The summed E-state index contributed by atoms with van der Waals surface area (Å²) in [7, 11) is 0. The summed E-state index contributed by atoms with van der Waals surface area (Å²) in [6.07, 6.45) is 0. The second-order valence-corrected chi connectivity index (χ2v) is 6.10. The number of halogens is 1. The minimum Gasteiger partial charge on any atom is -0.386 e. The lowest BCUT2D eigenvalue weighted by Gasteiger charge is -2.23. The number of imidazole rings is 1. The number of fused-ring (bicyclic) bond motifs is 1. The first-order valence-electron chi connectivity index (χ1n) is 7.23. The minimum atomic E-state index is -1.27. The fourth-order valence-electron chi connectivity index (χ4n) is 2.88. The average Bonchev–Trinajstić information content (AvgIpc) is 2.83. The molecule has 0 fully saturated rings. The number of rotatable bonds is 2. The maximum atomic E-state index is 13.9. The number of benzene rings is 2. The van der Waals surface area contributed by atoms with Crippen LogP contribution in [0.2, 0.25) is 0 Å². The number of aromatic amines is 1. The van der Waals surface area contributed by atoms with Gasteiger partial charge in [-0.15, -0.1) is 0 Å². The Bertz CT molecular complexity index is 945. The Balaban J connectivity index is 2.32. The molecule has 0 amide bonds. The van der Waals surface area contributed by atoms with E-state index < -0.39 is 11.4 Å². The molecule has 116 valence electrons. The molecule has 0 spiro atoms. The molecule has 5 heteroatoms. The number of aryl methyl sites for hydroxylation is 1. The molecular weight excluding hydrogens is 293 g/mol. The first-order chi connectivity index (χ1) is 10.8. The predicted molar refractivity (Wildman–Crippen MR) is 86.2 cm³/mol. The second-order valence-electron chi connectivity index (χ2n) is 6.10. The van der Waals surface area contributed by atoms with Gasteiger partial charge in [-0.25, -0.2) is 9.37 Å². The number of aromatic nitrogens is 2. The Morgan fingerprint density at radius 3 is 2.65 bits per heavy atom. The van der Waals surface area contributed by atoms with Gasteiger partial charge in [-0.1, -0.05) is 6.07 Å². The number of nitrogens with zero attached hydrogens (tertiary/aromatic N) is 2. The Hall–Kier alpha value is -2.71. The molecular formula is C18H16FN3O. The van der Waals surface area contributed by atoms with Crippen LogP contribution in [0, 0.1) is 24.1 Å². The van der Waals surface area contributed by atoms with E-state index in [2.05, 4.69) is 9.97 Å². The van der Waals surface area contributed by atoms with Crippen LogP contribution < -0.4 is 0 Å². The lowest BCUT2D eigenvalue weighted by Crippen LogP contribution is -2.19. The molecule has 4 nitrogen and oxygen atoms in total. The van der Waals surface area contributed by atoms with E-state index in [0.717, 1.165) is 22.9 Å². The lowest BCUT2D eigenvalue weighted by molar-refractivity contribution is 0.0788. The SMILES string of the molecule is Cc1nc2cc(-c3cc(F)cc(C#N)c3C(C)(C)O)ccc2[nH]1. The number of hydrogen-bond acceptors (Lipinski definition) is 3. The molecule has 2 aromatic carbocycles. The number of hydrogen-bond donors (Lipinski definition) is 2. The predicted octanol–water partition coefficient (Wildman–Crippen LogP) is 3.78. The fourth-order valence-corrected chi connectivity index (χ4v) is 2.88. The van der Waals surface area contributed by atoms with Crippen molar-refractivity contribution in [3.05, 3.63) is 53.1 Å². The van der Waals surface area contributed by atoms with Crippen LogP contribution in [0.15, 0.2) is 30.3 Å². The topological polar surface area (TPSA) is 72.7 Å². The first kappa shape index (κ1) is 15.2. The summed E-state index contributed by atoms with van der Waals surface area (Å²) >= 11 is 0. The molecule has 23 heavy (non-hydrogen) atoms. The smallest absolute Gasteiger partial charge is 0.125 e. The number of nitrogens with one attached hydrogen (secondary N) is 1. The zero-order valence-corrected chi connectivity index (χ0v) is 13.1. The van der Waals surface area contributed by atoms with Crippen molar-refractivity contribution in [2.75, 3.05) is 0 Å². The average molecular weight is 309 g/mol. The third-order valence-corrected chi connectivity index (χ3v) is 3.75. The van der Waals surface area contributed by atoms with Crippen LogP contribution in [0.25, 0.3) is 22.2 Å². The van der Waals surface area contributed by atoms with E-state index in [4.69, 9.17) is 0 Å². The molecule has 0 unspecified atom stereocenters. The van der Waals surface area contributed by atoms with Gasteiger partial charge < -0.3 is 10.1 Å². The quantitative estimate of drug-likeness (QED) is 0.756. The van der Waals surface area contributed by atoms with Gasteiger partial charge in [-0.3, -0.25) is 0 Å². The van der Waals surface area contributed by atoms with Gasteiger partial charge in [0, 0.05) is 5.56 Å². The maximum absolute atomic E-state index is 13.9. The Morgan fingerprint density at radius 1 is 1.26 bits per heavy atom. The van der Waals surface area contributed by atoms with Crippen molar-refractivity contribution in [1.29, 1.82) is 5.26 Å². The van der Waals surface area contributed by atoms with E-state index in [9.17, 15) is 14.8 Å². The van der Waals surface area contributed by atoms with Gasteiger partial charge in [0.25, 0.3) is 0 Å². The molecule has 1 aromatic heterocycles. The molecule has 0 atom stereocenters. The highest BCUT2D eigenvalue weighted by Crippen LogP contribution is 2.36. The van der Waals surface area contributed by atoms with Gasteiger partial charge in [0.1, 0.15) is 11.6 Å². The molecule has 0 aliphatic carbocycles. The van der Waals surface area contributed by atoms with Gasteiger partial charge in [0.05, 0.1) is 28.3 Å². The summed E-state index contributed by atoms with van der Waals surface area (Å²) in [6, 6.07) is 9.97. The normalized spacial score (nSPS) is 11.7. The van der Waals surface area contributed by atoms with E-state index in [1.165, 1.54) is 6.07 Å². The lowest BCUT2D eigenvalue weighted by atomic mass is 9.86.